The van der Waals surface area contributed by atoms with Crippen LogP contribution in [-0.4, -0.2) is 26.9 Å². The quantitative estimate of drug-likeness (QED) is 0.0997. The summed E-state index contributed by atoms with van der Waals surface area (Å²) in [5, 5.41) is 0. The number of hydrogen-bond acceptors (Lipinski definition) is 4. The lowest BCUT2D eigenvalue weighted by Crippen LogP contribution is -2.40. The predicted octanol–water partition coefficient (Wildman–Crippen LogP) is 6.95. The standard InChI is InChI=1S/C23H44O4Si/c1-5-9-14-19-28(20-15-10-6-2,21-16-11-7-3)27-23(25)17-12-13-18-26-22(24)8-4/h8H,4-7,9-21H2,1-3H3. The number of carbonyl (C=O) groups excluding carboxylic acids is 2. The average molecular weight is 413 g/mol. The molecule has 0 unspecified atom stereocenters. The van der Waals surface area contributed by atoms with Gasteiger partial charge in [0.2, 0.25) is 0 Å². The van der Waals surface area contributed by atoms with Crippen LogP contribution in [0, 0.1) is 0 Å². The Labute approximate surface area is 174 Å². The van der Waals surface area contributed by atoms with Gasteiger partial charge in [0.05, 0.1) is 6.61 Å². The largest absolute Gasteiger partial charge is 0.519 e. The Kier molecular flexibility index (Phi) is 17.3. The molecule has 0 aromatic heterocycles. The molecule has 0 heterocycles. The number of hydrogen-bond donors (Lipinski definition) is 0. The summed E-state index contributed by atoms with van der Waals surface area (Å²) in [6.07, 6.45) is 13.8. The van der Waals surface area contributed by atoms with Crippen molar-refractivity contribution in [3.8, 4) is 0 Å². The Morgan fingerprint density at radius 3 is 1.71 bits per heavy atom. The molecule has 0 saturated heterocycles. The number of ether oxygens (including phenoxy) is 1. The van der Waals surface area contributed by atoms with Crippen LogP contribution in [0.4, 0.5) is 0 Å². The van der Waals surface area contributed by atoms with Gasteiger partial charge in [-0.1, -0.05) is 85.1 Å². The highest BCUT2D eigenvalue weighted by Crippen LogP contribution is 2.31. The second-order valence-corrected chi connectivity index (χ2v) is 11.9. The van der Waals surface area contributed by atoms with Crippen molar-refractivity contribution in [3.63, 3.8) is 0 Å². The first-order chi connectivity index (χ1) is 13.5. The summed E-state index contributed by atoms with van der Waals surface area (Å²) >= 11 is 0. The molecule has 0 aliphatic heterocycles. The zero-order chi connectivity index (χ0) is 21.1. The molecule has 0 rings (SSSR count). The fourth-order valence-corrected chi connectivity index (χ4v) is 7.84. The van der Waals surface area contributed by atoms with Gasteiger partial charge in [-0.3, -0.25) is 4.79 Å². The Bertz CT molecular complexity index is 396. The van der Waals surface area contributed by atoms with Crippen molar-refractivity contribution in [3.05, 3.63) is 12.7 Å². The molecule has 4 nitrogen and oxygen atoms in total. The number of carbonyl (C=O) groups is 2. The van der Waals surface area contributed by atoms with Gasteiger partial charge in [-0.25, -0.2) is 4.79 Å². The van der Waals surface area contributed by atoms with Gasteiger partial charge < -0.3 is 9.16 Å². The molecule has 164 valence electrons. The fraction of sp³-hybridized carbons (Fsp3) is 0.826. The molecular formula is C23H44O4Si. The average Bonchev–Trinajstić information content (AvgIpc) is 2.68. The number of unbranched alkanes of at least 4 members (excludes halogenated alkanes) is 7. The van der Waals surface area contributed by atoms with Crippen LogP contribution in [0.25, 0.3) is 0 Å². The molecule has 0 atom stereocenters. The van der Waals surface area contributed by atoms with Gasteiger partial charge in [0.15, 0.2) is 0 Å². The van der Waals surface area contributed by atoms with Gasteiger partial charge in [-0.05, 0) is 31.0 Å². The van der Waals surface area contributed by atoms with Crippen LogP contribution in [0.2, 0.25) is 18.1 Å². The Morgan fingerprint density at radius 1 is 0.786 bits per heavy atom. The predicted molar refractivity (Wildman–Crippen MR) is 120 cm³/mol. The van der Waals surface area contributed by atoms with Crippen molar-refractivity contribution in [2.45, 2.75) is 116 Å². The van der Waals surface area contributed by atoms with Gasteiger partial charge in [0, 0.05) is 12.5 Å². The minimum atomic E-state index is -2.01. The number of esters is 1. The molecule has 0 amide bonds. The minimum absolute atomic E-state index is 0.0359. The molecule has 0 aromatic carbocycles. The third-order valence-corrected chi connectivity index (χ3v) is 9.68. The smallest absolute Gasteiger partial charge is 0.330 e. The third kappa shape index (κ3) is 14.0. The molecule has 0 bridgehead atoms. The molecule has 5 heteroatoms. The lowest BCUT2D eigenvalue weighted by Gasteiger charge is -2.32. The van der Waals surface area contributed by atoms with E-state index in [9.17, 15) is 9.59 Å². The maximum atomic E-state index is 12.6. The van der Waals surface area contributed by atoms with Crippen LogP contribution in [0.15, 0.2) is 12.7 Å². The maximum absolute atomic E-state index is 12.6. The van der Waals surface area contributed by atoms with Gasteiger partial charge in [0.25, 0.3) is 14.3 Å². The Morgan fingerprint density at radius 2 is 1.29 bits per heavy atom. The summed E-state index contributed by atoms with van der Waals surface area (Å²) in [5.74, 6) is -0.442. The van der Waals surface area contributed by atoms with Crippen molar-refractivity contribution < 1.29 is 18.8 Å². The zero-order valence-electron chi connectivity index (χ0n) is 18.7. The van der Waals surface area contributed by atoms with Gasteiger partial charge in [0.1, 0.15) is 0 Å². The Hall–Kier alpha value is -1.10. The monoisotopic (exact) mass is 412 g/mol. The molecule has 0 fully saturated rings. The number of rotatable bonds is 19. The normalized spacial score (nSPS) is 11.2. The van der Waals surface area contributed by atoms with Gasteiger partial charge in [-0.2, -0.15) is 0 Å². The van der Waals surface area contributed by atoms with E-state index in [0.29, 0.717) is 25.9 Å². The van der Waals surface area contributed by atoms with E-state index >= 15 is 0 Å². The van der Waals surface area contributed by atoms with Crippen molar-refractivity contribution in [2.75, 3.05) is 6.61 Å². The highest BCUT2D eigenvalue weighted by atomic mass is 28.4. The lowest BCUT2D eigenvalue weighted by atomic mass is 10.2. The maximum Gasteiger partial charge on any atom is 0.330 e. The van der Waals surface area contributed by atoms with E-state index in [0.717, 1.165) is 24.2 Å². The van der Waals surface area contributed by atoms with Crippen LogP contribution in [0.5, 0.6) is 0 Å². The molecule has 0 radical (unpaired) electrons. The molecule has 0 aliphatic rings. The summed E-state index contributed by atoms with van der Waals surface area (Å²) in [4.78, 5) is 23.6. The summed E-state index contributed by atoms with van der Waals surface area (Å²) in [6, 6.07) is 3.37. The van der Waals surface area contributed by atoms with E-state index in [1.165, 1.54) is 57.8 Å². The molecular weight excluding hydrogens is 368 g/mol. The van der Waals surface area contributed by atoms with Gasteiger partial charge >= 0.3 is 5.97 Å². The summed E-state index contributed by atoms with van der Waals surface area (Å²) in [6.45, 7) is 10.4. The van der Waals surface area contributed by atoms with E-state index in [-0.39, 0.29) is 5.97 Å². The first-order valence-corrected chi connectivity index (χ1v) is 14.1. The van der Waals surface area contributed by atoms with E-state index < -0.39 is 14.3 Å². The first kappa shape index (κ1) is 26.9. The van der Waals surface area contributed by atoms with E-state index in [4.69, 9.17) is 9.16 Å². The fourth-order valence-electron chi connectivity index (χ4n) is 3.52. The molecule has 28 heavy (non-hydrogen) atoms. The minimum Gasteiger partial charge on any atom is -0.519 e. The summed E-state index contributed by atoms with van der Waals surface area (Å²) in [7, 11) is -2.01. The van der Waals surface area contributed by atoms with E-state index in [2.05, 4.69) is 27.4 Å². The van der Waals surface area contributed by atoms with Crippen molar-refractivity contribution in [2.24, 2.45) is 0 Å². The second-order valence-electron chi connectivity index (χ2n) is 7.86. The first-order valence-electron chi connectivity index (χ1n) is 11.5. The second kappa shape index (κ2) is 18.0. The van der Waals surface area contributed by atoms with Gasteiger partial charge in [-0.15, -0.1) is 0 Å². The molecule has 0 N–H and O–H groups in total. The molecule has 0 aliphatic carbocycles. The van der Waals surface area contributed by atoms with Crippen LogP contribution >= 0.6 is 0 Å². The van der Waals surface area contributed by atoms with Crippen molar-refractivity contribution in [1.82, 2.24) is 0 Å². The highest BCUT2D eigenvalue weighted by Gasteiger charge is 2.36. The lowest BCUT2D eigenvalue weighted by molar-refractivity contribution is -0.137. The molecule has 0 spiro atoms. The zero-order valence-corrected chi connectivity index (χ0v) is 19.7. The van der Waals surface area contributed by atoms with Crippen LogP contribution < -0.4 is 0 Å². The van der Waals surface area contributed by atoms with Crippen LogP contribution in [0.1, 0.15) is 97.8 Å². The van der Waals surface area contributed by atoms with Crippen LogP contribution in [0.3, 0.4) is 0 Å². The Balaban J connectivity index is 4.69. The van der Waals surface area contributed by atoms with E-state index in [1.807, 2.05) is 0 Å². The van der Waals surface area contributed by atoms with E-state index in [1.54, 1.807) is 0 Å². The highest BCUT2D eigenvalue weighted by molar-refractivity contribution is 6.75. The molecule has 0 saturated carbocycles. The SMILES string of the molecule is C=CC(=O)OCCCCC(=O)O[Si](CCCCC)(CCCCC)CCCCC. The third-order valence-electron chi connectivity index (χ3n) is 5.22. The van der Waals surface area contributed by atoms with Crippen molar-refractivity contribution >= 4 is 20.3 Å². The summed E-state index contributed by atoms with van der Waals surface area (Å²) < 4.78 is 11.3. The van der Waals surface area contributed by atoms with Crippen LogP contribution in [-0.2, 0) is 18.8 Å². The topological polar surface area (TPSA) is 52.6 Å². The molecule has 0 aromatic rings. The van der Waals surface area contributed by atoms with Crippen molar-refractivity contribution in [1.29, 1.82) is 0 Å². The summed E-state index contributed by atoms with van der Waals surface area (Å²) in [5.41, 5.74) is 0.